The molecular formula is C11H12BrN3O2S. The number of aromatic nitrogens is 2. The lowest BCUT2D eigenvalue weighted by molar-refractivity contribution is -0.0841. The molecule has 0 spiro atoms. The quantitative estimate of drug-likeness (QED) is 0.933. The first-order valence-corrected chi connectivity index (χ1v) is 7.19. The Balaban J connectivity index is 1.66. The van der Waals surface area contributed by atoms with Crippen LogP contribution in [-0.2, 0) is 11.3 Å². The maximum Gasteiger partial charge on any atom is 0.253 e. The third-order valence-corrected chi connectivity index (χ3v) is 4.42. The average molecular weight is 330 g/mol. The van der Waals surface area contributed by atoms with Crippen LogP contribution in [0.3, 0.4) is 0 Å². The van der Waals surface area contributed by atoms with E-state index in [4.69, 9.17) is 9.26 Å². The molecule has 0 bridgehead atoms. The predicted octanol–water partition coefficient (Wildman–Crippen LogP) is 2.44. The molecule has 96 valence electrons. The second-order valence-electron chi connectivity index (χ2n) is 4.46. The Labute approximate surface area is 117 Å². The van der Waals surface area contributed by atoms with Crippen LogP contribution in [0.5, 0.6) is 0 Å². The van der Waals surface area contributed by atoms with Crippen LogP contribution in [0.4, 0.5) is 0 Å². The van der Waals surface area contributed by atoms with Crippen molar-refractivity contribution in [2.75, 3.05) is 13.1 Å². The molecule has 0 atom stereocenters. The van der Waals surface area contributed by atoms with Gasteiger partial charge in [0.15, 0.2) is 0 Å². The molecule has 3 heterocycles. The summed E-state index contributed by atoms with van der Waals surface area (Å²) in [7, 11) is 0. The van der Waals surface area contributed by atoms with Crippen molar-refractivity contribution in [1.29, 1.82) is 0 Å². The van der Waals surface area contributed by atoms with Gasteiger partial charge in [0.25, 0.3) is 5.89 Å². The summed E-state index contributed by atoms with van der Waals surface area (Å²) in [5, 5.41) is 7.13. The normalized spacial score (nSPS) is 17.7. The summed E-state index contributed by atoms with van der Waals surface area (Å²) in [4.78, 5) is 5.30. The average Bonchev–Trinajstić information content (AvgIpc) is 2.92. The molecule has 1 N–H and O–H groups in total. The molecule has 0 radical (unpaired) electrons. The van der Waals surface area contributed by atoms with E-state index in [0.717, 1.165) is 21.8 Å². The molecule has 3 rings (SSSR count). The van der Waals surface area contributed by atoms with Gasteiger partial charge in [-0.15, -0.1) is 11.3 Å². The molecule has 2 aromatic heterocycles. The number of nitrogens with one attached hydrogen (secondary N) is 1. The van der Waals surface area contributed by atoms with Crippen molar-refractivity contribution >= 4 is 27.3 Å². The Morgan fingerprint density at radius 2 is 2.39 bits per heavy atom. The van der Waals surface area contributed by atoms with Crippen LogP contribution in [0.25, 0.3) is 10.7 Å². The van der Waals surface area contributed by atoms with E-state index in [1.165, 1.54) is 0 Å². The SMILES string of the molecule is CC1(OCc2nc(-c3ccc(Br)s3)no2)CNC1. The molecule has 0 aromatic carbocycles. The van der Waals surface area contributed by atoms with Gasteiger partial charge in [0.2, 0.25) is 5.82 Å². The van der Waals surface area contributed by atoms with Crippen molar-refractivity contribution < 1.29 is 9.26 Å². The number of ether oxygens (including phenoxy) is 1. The highest BCUT2D eigenvalue weighted by molar-refractivity contribution is 9.11. The van der Waals surface area contributed by atoms with Gasteiger partial charge in [0.05, 0.1) is 14.3 Å². The fraction of sp³-hybridized carbons (Fsp3) is 0.455. The first kappa shape index (κ1) is 12.3. The molecule has 18 heavy (non-hydrogen) atoms. The van der Waals surface area contributed by atoms with Gasteiger partial charge in [-0.05, 0) is 35.0 Å². The highest BCUT2D eigenvalue weighted by Gasteiger charge is 2.33. The van der Waals surface area contributed by atoms with Crippen LogP contribution in [0, 0.1) is 0 Å². The Morgan fingerprint density at radius 1 is 1.56 bits per heavy atom. The minimum absolute atomic E-state index is 0.0966. The number of halogens is 1. The lowest BCUT2D eigenvalue weighted by atomic mass is 10.0. The number of nitrogens with zero attached hydrogens (tertiary/aromatic N) is 2. The van der Waals surface area contributed by atoms with E-state index in [0.29, 0.717) is 18.3 Å². The maximum atomic E-state index is 5.74. The van der Waals surface area contributed by atoms with Crippen LogP contribution in [0.1, 0.15) is 12.8 Å². The molecule has 1 fully saturated rings. The molecule has 1 saturated heterocycles. The zero-order valence-electron chi connectivity index (χ0n) is 9.77. The third-order valence-electron chi connectivity index (χ3n) is 2.80. The van der Waals surface area contributed by atoms with Gasteiger partial charge in [-0.1, -0.05) is 5.16 Å². The van der Waals surface area contributed by atoms with Gasteiger partial charge in [-0.2, -0.15) is 4.98 Å². The van der Waals surface area contributed by atoms with Gasteiger partial charge in [-0.3, -0.25) is 0 Å². The molecule has 7 heteroatoms. The van der Waals surface area contributed by atoms with Crippen molar-refractivity contribution in [3.63, 3.8) is 0 Å². The Morgan fingerprint density at radius 3 is 3.00 bits per heavy atom. The number of rotatable bonds is 4. The predicted molar refractivity (Wildman–Crippen MR) is 71.4 cm³/mol. The van der Waals surface area contributed by atoms with E-state index in [1.807, 2.05) is 12.1 Å². The molecule has 2 aromatic rings. The summed E-state index contributed by atoms with van der Waals surface area (Å²) in [5.41, 5.74) is -0.0966. The lowest BCUT2D eigenvalue weighted by Crippen LogP contribution is -2.58. The summed E-state index contributed by atoms with van der Waals surface area (Å²) in [6.07, 6.45) is 0. The molecular weight excluding hydrogens is 318 g/mol. The van der Waals surface area contributed by atoms with Crippen LogP contribution >= 0.6 is 27.3 Å². The number of hydrogen-bond donors (Lipinski definition) is 1. The summed E-state index contributed by atoms with van der Waals surface area (Å²) >= 11 is 4.99. The molecule has 0 saturated carbocycles. The van der Waals surface area contributed by atoms with E-state index < -0.39 is 0 Å². The molecule has 1 aliphatic rings. The van der Waals surface area contributed by atoms with Gasteiger partial charge in [0.1, 0.15) is 6.61 Å². The van der Waals surface area contributed by atoms with E-state index in [2.05, 4.69) is 38.3 Å². The second kappa shape index (κ2) is 4.73. The standard InChI is InChI=1S/C11H12BrN3O2S/c1-11(5-13-6-11)16-4-9-14-10(15-17-9)7-2-3-8(12)18-7/h2-3,13H,4-6H2,1H3. The number of thiophene rings is 1. The van der Waals surface area contributed by atoms with Crippen molar-refractivity contribution in [3.05, 3.63) is 21.8 Å². The van der Waals surface area contributed by atoms with Crippen LogP contribution in [-0.4, -0.2) is 28.8 Å². The minimum atomic E-state index is -0.0966. The highest BCUT2D eigenvalue weighted by atomic mass is 79.9. The maximum absolute atomic E-state index is 5.74. The summed E-state index contributed by atoms with van der Waals surface area (Å²) in [6, 6.07) is 3.93. The molecule has 0 amide bonds. The first-order valence-electron chi connectivity index (χ1n) is 5.58. The summed E-state index contributed by atoms with van der Waals surface area (Å²) < 4.78 is 12.0. The van der Waals surface area contributed by atoms with E-state index in [9.17, 15) is 0 Å². The fourth-order valence-corrected chi connectivity index (χ4v) is 2.97. The van der Waals surface area contributed by atoms with E-state index in [1.54, 1.807) is 11.3 Å². The Kier molecular flexibility index (Phi) is 3.23. The van der Waals surface area contributed by atoms with E-state index >= 15 is 0 Å². The van der Waals surface area contributed by atoms with Crippen LogP contribution < -0.4 is 5.32 Å². The van der Waals surface area contributed by atoms with Gasteiger partial charge >= 0.3 is 0 Å². The van der Waals surface area contributed by atoms with Crippen molar-refractivity contribution in [3.8, 4) is 10.7 Å². The van der Waals surface area contributed by atoms with Crippen molar-refractivity contribution in [1.82, 2.24) is 15.5 Å². The summed E-state index contributed by atoms with van der Waals surface area (Å²) in [6.45, 7) is 4.16. The zero-order chi connectivity index (χ0) is 12.6. The minimum Gasteiger partial charge on any atom is -0.363 e. The third kappa shape index (κ3) is 2.49. The van der Waals surface area contributed by atoms with Crippen molar-refractivity contribution in [2.45, 2.75) is 19.1 Å². The van der Waals surface area contributed by atoms with Crippen LogP contribution in [0.2, 0.25) is 0 Å². The Hall–Kier alpha value is -0.760. The molecule has 5 nitrogen and oxygen atoms in total. The second-order valence-corrected chi connectivity index (χ2v) is 6.92. The number of hydrogen-bond acceptors (Lipinski definition) is 6. The smallest absolute Gasteiger partial charge is 0.253 e. The molecule has 1 aliphatic heterocycles. The first-order chi connectivity index (χ1) is 8.65. The summed E-state index contributed by atoms with van der Waals surface area (Å²) in [5.74, 6) is 1.13. The largest absolute Gasteiger partial charge is 0.363 e. The van der Waals surface area contributed by atoms with Gasteiger partial charge in [-0.25, -0.2) is 0 Å². The monoisotopic (exact) mass is 329 g/mol. The fourth-order valence-electron chi connectivity index (χ4n) is 1.66. The molecule has 0 aliphatic carbocycles. The van der Waals surface area contributed by atoms with Gasteiger partial charge in [0, 0.05) is 13.1 Å². The van der Waals surface area contributed by atoms with Crippen LogP contribution in [0.15, 0.2) is 20.4 Å². The van der Waals surface area contributed by atoms with Gasteiger partial charge < -0.3 is 14.6 Å². The lowest BCUT2D eigenvalue weighted by Gasteiger charge is -2.38. The molecule has 0 unspecified atom stereocenters. The van der Waals surface area contributed by atoms with E-state index in [-0.39, 0.29) is 5.60 Å². The van der Waals surface area contributed by atoms with Crippen molar-refractivity contribution in [2.24, 2.45) is 0 Å². The highest BCUT2D eigenvalue weighted by Crippen LogP contribution is 2.29. The Bertz CT molecular complexity index is 550. The topological polar surface area (TPSA) is 60.2 Å². The zero-order valence-corrected chi connectivity index (χ0v) is 12.2.